The molecule has 1 nitrogen and oxygen atoms in total. The van der Waals surface area contributed by atoms with Gasteiger partial charge >= 0.3 is 0 Å². The molecule has 0 aliphatic rings. The van der Waals surface area contributed by atoms with E-state index in [2.05, 4.69) is 52.3 Å². The molecule has 0 radical (unpaired) electrons. The van der Waals surface area contributed by atoms with Gasteiger partial charge in [-0.25, -0.2) is 0 Å². The van der Waals surface area contributed by atoms with Crippen LogP contribution in [0.25, 0.3) is 10.8 Å². The Morgan fingerprint density at radius 2 is 2.07 bits per heavy atom. The maximum Gasteiger partial charge on any atom is 0.0181 e. The van der Waals surface area contributed by atoms with Gasteiger partial charge in [-0.1, -0.05) is 40.2 Å². The fraction of sp³-hybridized carbons (Fsp3) is 0.231. The van der Waals surface area contributed by atoms with Gasteiger partial charge in [0.1, 0.15) is 0 Å². The van der Waals surface area contributed by atoms with Crippen LogP contribution < -0.4 is 5.73 Å². The van der Waals surface area contributed by atoms with Gasteiger partial charge in [0.25, 0.3) is 0 Å². The molecule has 0 aliphatic heterocycles. The highest BCUT2D eigenvalue weighted by molar-refractivity contribution is 9.10. The second kappa shape index (κ2) is 4.33. The normalized spacial score (nSPS) is 13.0. The summed E-state index contributed by atoms with van der Waals surface area (Å²) < 4.78 is 1.12. The van der Waals surface area contributed by atoms with Gasteiger partial charge in [-0.3, -0.25) is 0 Å². The molecule has 15 heavy (non-hydrogen) atoms. The van der Waals surface area contributed by atoms with Crippen LogP contribution in [-0.2, 0) is 6.42 Å². The smallest absolute Gasteiger partial charge is 0.0181 e. The Kier molecular flexibility index (Phi) is 3.08. The Labute approximate surface area is 98.4 Å². The summed E-state index contributed by atoms with van der Waals surface area (Å²) in [6.07, 6.45) is 0.930. The summed E-state index contributed by atoms with van der Waals surface area (Å²) in [5.74, 6) is 0. The molecule has 2 aromatic rings. The Morgan fingerprint density at radius 1 is 1.27 bits per heavy atom. The average Bonchev–Trinajstić information content (AvgIpc) is 2.16. The molecule has 2 aromatic carbocycles. The first-order valence-electron chi connectivity index (χ1n) is 5.09. The van der Waals surface area contributed by atoms with Gasteiger partial charge in [0, 0.05) is 10.5 Å². The third-order valence-electron chi connectivity index (χ3n) is 2.47. The highest BCUT2D eigenvalue weighted by Crippen LogP contribution is 2.23. The molecular weight excluding hydrogens is 250 g/mol. The monoisotopic (exact) mass is 263 g/mol. The molecule has 0 saturated heterocycles. The Morgan fingerprint density at radius 3 is 2.80 bits per heavy atom. The predicted octanol–water partition coefficient (Wildman–Crippen LogP) is 3.49. The van der Waals surface area contributed by atoms with Crippen molar-refractivity contribution < 1.29 is 0 Å². The van der Waals surface area contributed by atoms with Gasteiger partial charge in [0.15, 0.2) is 0 Å². The highest BCUT2D eigenvalue weighted by atomic mass is 79.9. The average molecular weight is 264 g/mol. The van der Waals surface area contributed by atoms with Crippen molar-refractivity contribution in [3.63, 3.8) is 0 Å². The third kappa shape index (κ3) is 2.39. The van der Waals surface area contributed by atoms with Gasteiger partial charge in [-0.15, -0.1) is 0 Å². The second-order valence-corrected chi connectivity index (χ2v) is 4.88. The zero-order chi connectivity index (χ0) is 10.8. The number of benzene rings is 2. The summed E-state index contributed by atoms with van der Waals surface area (Å²) in [5, 5.41) is 2.57. The number of rotatable bonds is 2. The predicted molar refractivity (Wildman–Crippen MR) is 69.0 cm³/mol. The van der Waals surface area contributed by atoms with Crippen LogP contribution in [0.5, 0.6) is 0 Å². The van der Waals surface area contributed by atoms with Crippen LogP contribution in [0.3, 0.4) is 0 Å². The molecule has 0 saturated carbocycles. The van der Waals surface area contributed by atoms with E-state index in [0.29, 0.717) is 0 Å². The number of halogens is 1. The maximum absolute atomic E-state index is 5.84. The summed E-state index contributed by atoms with van der Waals surface area (Å²) in [6, 6.07) is 12.9. The minimum absolute atomic E-state index is 0.208. The van der Waals surface area contributed by atoms with E-state index in [1.165, 1.54) is 16.3 Å². The van der Waals surface area contributed by atoms with Crippen LogP contribution in [0, 0.1) is 0 Å². The van der Waals surface area contributed by atoms with E-state index in [4.69, 9.17) is 5.73 Å². The van der Waals surface area contributed by atoms with Crippen LogP contribution in [0.1, 0.15) is 12.5 Å². The number of hydrogen-bond acceptors (Lipinski definition) is 1. The van der Waals surface area contributed by atoms with Gasteiger partial charge < -0.3 is 5.73 Å². The van der Waals surface area contributed by atoms with Crippen LogP contribution in [0.4, 0.5) is 0 Å². The lowest BCUT2D eigenvalue weighted by molar-refractivity contribution is 0.742. The quantitative estimate of drug-likeness (QED) is 0.882. The topological polar surface area (TPSA) is 26.0 Å². The van der Waals surface area contributed by atoms with E-state index >= 15 is 0 Å². The Bertz CT molecular complexity index is 477. The van der Waals surface area contributed by atoms with Crippen molar-refractivity contribution in [3.8, 4) is 0 Å². The lowest BCUT2D eigenvalue weighted by Gasteiger charge is -2.09. The largest absolute Gasteiger partial charge is 0.328 e. The first kappa shape index (κ1) is 10.7. The summed E-state index contributed by atoms with van der Waals surface area (Å²) in [6.45, 7) is 2.04. The highest BCUT2D eigenvalue weighted by Gasteiger charge is 2.03. The zero-order valence-electron chi connectivity index (χ0n) is 8.70. The van der Waals surface area contributed by atoms with E-state index in [1.807, 2.05) is 6.92 Å². The molecule has 0 amide bonds. The molecule has 0 heterocycles. The van der Waals surface area contributed by atoms with Crippen molar-refractivity contribution in [2.75, 3.05) is 0 Å². The molecule has 78 valence electrons. The lowest BCUT2D eigenvalue weighted by atomic mass is 10.00. The van der Waals surface area contributed by atoms with Crippen LogP contribution in [0.15, 0.2) is 40.9 Å². The summed E-state index contributed by atoms with van der Waals surface area (Å²) in [7, 11) is 0. The van der Waals surface area contributed by atoms with Gasteiger partial charge in [0.2, 0.25) is 0 Å². The molecule has 0 spiro atoms. The molecule has 0 aliphatic carbocycles. The zero-order valence-corrected chi connectivity index (χ0v) is 10.3. The van der Waals surface area contributed by atoms with E-state index in [0.717, 1.165) is 10.9 Å². The fourth-order valence-electron chi connectivity index (χ4n) is 1.85. The standard InChI is InChI=1S/C13H14BrN/c1-9(15)7-10-3-2-4-11-8-12(14)5-6-13(10)11/h2-6,8-9H,7,15H2,1H3. The molecule has 2 rings (SSSR count). The Hall–Kier alpha value is -0.860. The van der Waals surface area contributed by atoms with Gasteiger partial charge in [-0.05, 0) is 41.8 Å². The molecule has 2 N–H and O–H groups in total. The molecule has 0 fully saturated rings. The van der Waals surface area contributed by atoms with E-state index in [-0.39, 0.29) is 6.04 Å². The first-order chi connectivity index (χ1) is 7.16. The molecule has 1 unspecified atom stereocenters. The summed E-state index contributed by atoms with van der Waals surface area (Å²) in [5.41, 5.74) is 7.16. The van der Waals surface area contributed by atoms with E-state index in [9.17, 15) is 0 Å². The number of fused-ring (bicyclic) bond motifs is 1. The fourth-order valence-corrected chi connectivity index (χ4v) is 2.23. The Balaban J connectivity index is 2.56. The SMILES string of the molecule is CC(N)Cc1cccc2cc(Br)ccc12. The summed E-state index contributed by atoms with van der Waals surface area (Å²) >= 11 is 3.48. The third-order valence-corrected chi connectivity index (χ3v) is 2.97. The number of nitrogens with two attached hydrogens (primary N) is 1. The molecular formula is C13H14BrN. The lowest BCUT2D eigenvalue weighted by Crippen LogP contribution is -2.17. The van der Waals surface area contributed by atoms with Crippen molar-refractivity contribution >= 4 is 26.7 Å². The minimum atomic E-state index is 0.208. The van der Waals surface area contributed by atoms with Crippen molar-refractivity contribution in [2.24, 2.45) is 5.73 Å². The van der Waals surface area contributed by atoms with E-state index < -0.39 is 0 Å². The van der Waals surface area contributed by atoms with Crippen molar-refractivity contribution in [3.05, 3.63) is 46.4 Å². The summed E-state index contributed by atoms with van der Waals surface area (Å²) in [4.78, 5) is 0. The minimum Gasteiger partial charge on any atom is -0.328 e. The van der Waals surface area contributed by atoms with Crippen LogP contribution >= 0.6 is 15.9 Å². The molecule has 0 aromatic heterocycles. The molecule has 2 heteroatoms. The van der Waals surface area contributed by atoms with Crippen LogP contribution in [0.2, 0.25) is 0 Å². The van der Waals surface area contributed by atoms with Gasteiger partial charge in [-0.2, -0.15) is 0 Å². The van der Waals surface area contributed by atoms with E-state index in [1.54, 1.807) is 0 Å². The second-order valence-electron chi connectivity index (χ2n) is 3.96. The van der Waals surface area contributed by atoms with Crippen molar-refractivity contribution in [2.45, 2.75) is 19.4 Å². The molecule has 0 bridgehead atoms. The first-order valence-corrected chi connectivity index (χ1v) is 5.89. The van der Waals surface area contributed by atoms with Crippen molar-refractivity contribution in [1.82, 2.24) is 0 Å². The van der Waals surface area contributed by atoms with Gasteiger partial charge in [0.05, 0.1) is 0 Å². The number of hydrogen-bond donors (Lipinski definition) is 1. The maximum atomic E-state index is 5.84. The van der Waals surface area contributed by atoms with Crippen molar-refractivity contribution in [1.29, 1.82) is 0 Å². The van der Waals surface area contributed by atoms with Crippen LogP contribution in [-0.4, -0.2) is 6.04 Å². The molecule has 1 atom stereocenters.